The molecule has 0 saturated heterocycles. The van der Waals surface area contributed by atoms with Crippen LogP contribution >= 0.6 is 0 Å². The molecule has 3 heteroatoms. The van der Waals surface area contributed by atoms with Crippen LogP contribution in [0, 0.1) is 0 Å². The summed E-state index contributed by atoms with van der Waals surface area (Å²) in [6, 6.07) is 4.06. The van der Waals surface area contributed by atoms with Gasteiger partial charge in [-0.2, -0.15) is 0 Å². The molecular formula is C15H26N2O. The van der Waals surface area contributed by atoms with Gasteiger partial charge in [-0.3, -0.25) is 0 Å². The number of rotatable bonds is 5. The summed E-state index contributed by atoms with van der Waals surface area (Å²) < 4.78 is 5.83. The Balaban J connectivity index is 2.54. The third-order valence-corrected chi connectivity index (χ3v) is 2.67. The zero-order chi connectivity index (χ0) is 13.8. The molecular weight excluding hydrogens is 224 g/mol. The van der Waals surface area contributed by atoms with Crippen LogP contribution in [0.5, 0.6) is 5.88 Å². The average molecular weight is 250 g/mol. The molecule has 1 aromatic rings. The summed E-state index contributed by atoms with van der Waals surface area (Å²) in [5.74, 6) is 1.21. The first-order valence-corrected chi connectivity index (χ1v) is 6.65. The van der Waals surface area contributed by atoms with Crippen molar-refractivity contribution in [2.24, 2.45) is 0 Å². The maximum Gasteiger partial charge on any atom is 0.213 e. The fourth-order valence-corrected chi connectivity index (χ4v) is 1.55. The van der Waals surface area contributed by atoms with E-state index in [-0.39, 0.29) is 11.6 Å². The van der Waals surface area contributed by atoms with Crippen molar-refractivity contribution in [2.45, 2.75) is 59.1 Å². The molecule has 0 radical (unpaired) electrons. The van der Waals surface area contributed by atoms with Crippen molar-refractivity contribution in [2.75, 3.05) is 6.54 Å². The van der Waals surface area contributed by atoms with Gasteiger partial charge in [0.1, 0.15) is 6.10 Å². The lowest BCUT2D eigenvalue weighted by Crippen LogP contribution is -2.41. The maximum atomic E-state index is 5.83. The molecule has 0 saturated carbocycles. The number of nitrogens with zero attached hydrogens (tertiary/aromatic N) is 1. The molecule has 1 N–H and O–H groups in total. The SMILES string of the molecule is CC(C)c1ccnc(O[C@@H](C)CNC(C)(C)C)c1. The molecule has 1 atom stereocenters. The van der Waals surface area contributed by atoms with Gasteiger partial charge in [0.15, 0.2) is 0 Å². The second-order valence-corrected chi connectivity index (χ2v) is 6.14. The van der Waals surface area contributed by atoms with E-state index in [0.717, 1.165) is 6.54 Å². The lowest BCUT2D eigenvalue weighted by atomic mass is 10.1. The summed E-state index contributed by atoms with van der Waals surface area (Å²) in [6.45, 7) is 13.7. The summed E-state index contributed by atoms with van der Waals surface area (Å²) >= 11 is 0. The van der Waals surface area contributed by atoms with Gasteiger partial charge in [-0.25, -0.2) is 4.98 Å². The van der Waals surface area contributed by atoms with Crippen LogP contribution in [0.2, 0.25) is 0 Å². The number of hydrogen-bond donors (Lipinski definition) is 1. The van der Waals surface area contributed by atoms with Gasteiger partial charge >= 0.3 is 0 Å². The molecule has 0 fully saturated rings. The number of ether oxygens (including phenoxy) is 1. The van der Waals surface area contributed by atoms with Gasteiger partial charge in [0.2, 0.25) is 5.88 Å². The molecule has 0 aliphatic rings. The Morgan fingerprint density at radius 1 is 1.28 bits per heavy atom. The average Bonchev–Trinajstić information content (AvgIpc) is 2.26. The molecule has 0 aliphatic carbocycles. The van der Waals surface area contributed by atoms with Crippen LogP contribution in [0.3, 0.4) is 0 Å². The predicted octanol–water partition coefficient (Wildman–Crippen LogP) is 3.36. The second kappa shape index (κ2) is 6.19. The number of aromatic nitrogens is 1. The summed E-state index contributed by atoms with van der Waals surface area (Å²) in [5.41, 5.74) is 1.38. The third kappa shape index (κ3) is 5.50. The molecule has 0 spiro atoms. The van der Waals surface area contributed by atoms with Gasteiger partial charge in [0.25, 0.3) is 0 Å². The first kappa shape index (κ1) is 15.0. The van der Waals surface area contributed by atoms with E-state index < -0.39 is 0 Å². The Labute approximate surface area is 111 Å². The fraction of sp³-hybridized carbons (Fsp3) is 0.667. The Kier molecular flexibility index (Phi) is 5.15. The Morgan fingerprint density at radius 2 is 1.94 bits per heavy atom. The van der Waals surface area contributed by atoms with Crippen LogP contribution in [0.15, 0.2) is 18.3 Å². The molecule has 18 heavy (non-hydrogen) atoms. The Hall–Kier alpha value is -1.09. The molecule has 0 bridgehead atoms. The minimum Gasteiger partial charge on any atom is -0.473 e. The molecule has 0 unspecified atom stereocenters. The minimum absolute atomic E-state index is 0.110. The summed E-state index contributed by atoms with van der Waals surface area (Å²) in [4.78, 5) is 4.26. The smallest absolute Gasteiger partial charge is 0.213 e. The van der Waals surface area contributed by atoms with E-state index in [1.165, 1.54) is 5.56 Å². The van der Waals surface area contributed by atoms with Crippen molar-refractivity contribution in [3.05, 3.63) is 23.9 Å². The Morgan fingerprint density at radius 3 is 2.50 bits per heavy atom. The highest BCUT2D eigenvalue weighted by Crippen LogP contribution is 2.18. The van der Waals surface area contributed by atoms with Crippen LogP contribution in [-0.4, -0.2) is 23.2 Å². The minimum atomic E-state index is 0.110. The second-order valence-electron chi connectivity index (χ2n) is 6.14. The first-order valence-electron chi connectivity index (χ1n) is 6.65. The molecule has 1 aromatic heterocycles. The molecule has 0 aliphatic heterocycles. The van der Waals surface area contributed by atoms with Gasteiger partial charge < -0.3 is 10.1 Å². The summed E-state index contributed by atoms with van der Waals surface area (Å²) in [6.07, 6.45) is 1.92. The van der Waals surface area contributed by atoms with Gasteiger partial charge in [-0.1, -0.05) is 13.8 Å². The van der Waals surface area contributed by atoms with Gasteiger partial charge in [0.05, 0.1) is 0 Å². The molecule has 3 nitrogen and oxygen atoms in total. The van der Waals surface area contributed by atoms with Crippen LogP contribution in [0.25, 0.3) is 0 Å². The molecule has 0 aromatic carbocycles. The van der Waals surface area contributed by atoms with Crippen LogP contribution < -0.4 is 10.1 Å². The Bertz CT molecular complexity index is 369. The quantitative estimate of drug-likeness (QED) is 0.870. The summed E-state index contributed by atoms with van der Waals surface area (Å²) in [5, 5.41) is 3.43. The van der Waals surface area contributed by atoms with Crippen molar-refractivity contribution in [1.82, 2.24) is 10.3 Å². The highest BCUT2D eigenvalue weighted by atomic mass is 16.5. The monoisotopic (exact) mass is 250 g/mol. The van der Waals surface area contributed by atoms with E-state index in [1.807, 2.05) is 18.3 Å². The normalized spacial score (nSPS) is 13.7. The molecule has 1 rings (SSSR count). The van der Waals surface area contributed by atoms with Crippen LogP contribution in [0.1, 0.15) is 53.0 Å². The highest BCUT2D eigenvalue weighted by molar-refractivity contribution is 5.23. The van der Waals surface area contributed by atoms with E-state index in [0.29, 0.717) is 11.8 Å². The van der Waals surface area contributed by atoms with Crippen molar-refractivity contribution in [3.8, 4) is 5.88 Å². The topological polar surface area (TPSA) is 34.1 Å². The number of pyridine rings is 1. The maximum absolute atomic E-state index is 5.83. The van der Waals surface area contributed by atoms with E-state index in [9.17, 15) is 0 Å². The van der Waals surface area contributed by atoms with Crippen molar-refractivity contribution in [1.29, 1.82) is 0 Å². The molecule has 1 heterocycles. The van der Waals surface area contributed by atoms with E-state index in [2.05, 4.69) is 51.8 Å². The van der Waals surface area contributed by atoms with Crippen molar-refractivity contribution in [3.63, 3.8) is 0 Å². The molecule has 102 valence electrons. The first-order chi connectivity index (χ1) is 8.28. The summed E-state index contributed by atoms with van der Waals surface area (Å²) in [7, 11) is 0. The van der Waals surface area contributed by atoms with Crippen LogP contribution in [-0.2, 0) is 0 Å². The van der Waals surface area contributed by atoms with Crippen molar-refractivity contribution < 1.29 is 4.74 Å². The van der Waals surface area contributed by atoms with E-state index in [4.69, 9.17) is 4.74 Å². The van der Waals surface area contributed by atoms with E-state index >= 15 is 0 Å². The zero-order valence-electron chi connectivity index (χ0n) is 12.4. The van der Waals surface area contributed by atoms with Gasteiger partial charge in [-0.15, -0.1) is 0 Å². The van der Waals surface area contributed by atoms with Gasteiger partial charge in [-0.05, 0) is 45.2 Å². The zero-order valence-corrected chi connectivity index (χ0v) is 12.4. The van der Waals surface area contributed by atoms with Crippen molar-refractivity contribution >= 4 is 0 Å². The third-order valence-electron chi connectivity index (χ3n) is 2.67. The lowest BCUT2D eigenvalue weighted by Gasteiger charge is -2.23. The predicted molar refractivity (Wildman–Crippen MR) is 76.2 cm³/mol. The lowest BCUT2D eigenvalue weighted by molar-refractivity contribution is 0.195. The number of nitrogens with one attached hydrogen (secondary N) is 1. The standard InChI is InChI=1S/C15H26N2O/c1-11(2)13-7-8-16-14(9-13)18-12(3)10-17-15(4,5)6/h7-9,11-12,17H,10H2,1-6H3/t12-/m0/s1. The fourth-order valence-electron chi connectivity index (χ4n) is 1.55. The molecule has 0 amide bonds. The van der Waals surface area contributed by atoms with E-state index in [1.54, 1.807) is 0 Å². The number of hydrogen-bond acceptors (Lipinski definition) is 3. The highest BCUT2D eigenvalue weighted by Gasteiger charge is 2.12. The van der Waals surface area contributed by atoms with Gasteiger partial charge in [0, 0.05) is 24.3 Å². The van der Waals surface area contributed by atoms with Crippen LogP contribution in [0.4, 0.5) is 0 Å². The largest absolute Gasteiger partial charge is 0.473 e.